The first-order valence-corrected chi connectivity index (χ1v) is 10.2. The number of nitrogens with zero attached hydrogens (tertiary/aromatic N) is 5. The first-order valence-electron chi connectivity index (χ1n) is 10.2. The highest BCUT2D eigenvalue weighted by Gasteiger charge is 2.29. The van der Waals surface area contributed by atoms with Gasteiger partial charge in [-0.25, -0.2) is 4.79 Å². The van der Waals surface area contributed by atoms with Gasteiger partial charge >= 0.3 is 5.69 Å². The van der Waals surface area contributed by atoms with Crippen molar-refractivity contribution in [2.24, 2.45) is 14.1 Å². The van der Waals surface area contributed by atoms with E-state index >= 15 is 0 Å². The molecule has 2 aromatic heterocycles. The number of hydrogen-bond donors (Lipinski definition) is 1. The SMILES string of the molecule is Cn1c(N2CCC(N3CCc4ccccc4C3)CC2)nc2c1c(=O)[nH]c(=O)n2C. The van der Waals surface area contributed by atoms with Crippen molar-refractivity contribution in [3.8, 4) is 0 Å². The summed E-state index contributed by atoms with van der Waals surface area (Å²) in [7, 11) is 3.48. The quantitative estimate of drug-likeness (QED) is 0.701. The van der Waals surface area contributed by atoms with E-state index in [1.807, 2.05) is 11.6 Å². The Morgan fingerprint density at radius 2 is 1.72 bits per heavy atom. The van der Waals surface area contributed by atoms with Crippen LogP contribution in [0.2, 0.25) is 0 Å². The van der Waals surface area contributed by atoms with Gasteiger partial charge in [0.2, 0.25) is 5.95 Å². The molecule has 0 bridgehead atoms. The average molecular weight is 394 g/mol. The van der Waals surface area contributed by atoms with Gasteiger partial charge in [0.15, 0.2) is 11.2 Å². The minimum Gasteiger partial charge on any atom is -0.342 e. The molecule has 0 amide bonds. The van der Waals surface area contributed by atoms with Crippen LogP contribution in [0.5, 0.6) is 0 Å². The van der Waals surface area contributed by atoms with Crippen molar-refractivity contribution in [2.75, 3.05) is 24.5 Å². The molecule has 3 aromatic rings. The molecule has 4 heterocycles. The van der Waals surface area contributed by atoms with Crippen molar-refractivity contribution in [1.29, 1.82) is 0 Å². The summed E-state index contributed by atoms with van der Waals surface area (Å²) in [4.78, 5) is 36.0. The minimum absolute atomic E-state index is 0.383. The summed E-state index contributed by atoms with van der Waals surface area (Å²) >= 11 is 0. The van der Waals surface area contributed by atoms with Crippen LogP contribution in [0, 0.1) is 0 Å². The number of anilines is 1. The van der Waals surface area contributed by atoms with Crippen molar-refractivity contribution in [2.45, 2.75) is 31.8 Å². The number of imidazole rings is 1. The molecule has 0 saturated carbocycles. The van der Waals surface area contributed by atoms with Crippen LogP contribution in [0.4, 0.5) is 5.95 Å². The monoisotopic (exact) mass is 394 g/mol. The Morgan fingerprint density at radius 1 is 1.00 bits per heavy atom. The number of aromatic amines is 1. The van der Waals surface area contributed by atoms with Crippen LogP contribution >= 0.6 is 0 Å². The Labute approximate surface area is 168 Å². The standard InChI is InChI=1S/C21H26N6O2/c1-24-17-18(25(2)21(29)23-19(17)28)22-20(24)26-11-8-16(9-12-26)27-10-7-14-5-3-4-6-15(14)13-27/h3-6,16H,7-13H2,1-2H3,(H,23,28,29). The number of benzene rings is 1. The summed E-state index contributed by atoms with van der Waals surface area (Å²) < 4.78 is 3.21. The highest BCUT2D eigenvalue weighted by Crippen LogP contribution is 2.27. The normalized spacial score (nSPS) is 18.3. The molecule has 2 aliphatic heterocycles. The van der Waals surface area contributed by atoms with E-state index in [1.165, 1.54) is 15.7 Å². The Kier molecular flexibility index (Phi) is 4.31. The van der Waals surface area contributed by atoms with E-state index in [-0.39, 0.29) is 5.56 Å². The zero-order valence-electron chi connectivity index (χ0n) is 16.9. The fourth-order valence-corrected chi connectivity index (χ4v) is 4.84. The zero-order valence-corrected chi connectivity index (χ0v) is 16.9. The Morgan fingerprint density at radius 3 is 2.48 bits per heavy atom. The van der Waals surface area contributed by atoms with Crippen LogP contribution in [0.25, 0.3) is 11.2 Å². The molecule has 29 heavy (non-hydrogen) atoms. The molecule has 1 fully saturated rings. The van der Waals surface area contributed by atoms with Gasteiger partial charge in [-0.1, -0.05) is 24.3 Å². The van der Waals surface area contributed by atoms with Crippen molar-refractivity contribution in [1.82, 2.24) is 24.0 Å². The molecule has 1 aromatic carbocycles. The number of hydrogen-bond acceptors (Lipinski definition) is 5. The van der Waals surface area contributed by atoms with E-state index in [9.17, 15) is 9.59 Å². The highest BCUT2D eigenvalue weighted by molar-refractivity contribution is 5.74. The van der Waals surface area contributed by atoms with Crippen LogP contribution < -0.4 is 16.1 Å². The maximum absolute atomic E-state index is 12.3. The lowest BCUT2D eigenvalue weighted by atomic mass is 9.95. The summed E-state index contributed by atoms with van der Waals surface area (Å²) in [5, 5.41) is 0. The fraction of sp³-hybridized carbons (Fsp3) is 0.476. The topological polar surface area (TPSA) is 79.2 Å². The second-order valence-corrected chi connectivity index (χ2v) is 8.17. The van der Waals surface area contributed by atoms with E-state index in [0.29, 0.717) is 17.2 Å². The van der Waals surface area contributed by atoms with Crippen molar-refractivity contribution in [3.05, 3.63) is 56.2 Å². The van der Waals surface area contributed by atoms with Gasteiger partial charge in [0.05, 0.1) is 0 Å². The number of H-pyrrole nitrogens is 1. The minimum atomic E-state index is -0.434. The van der Waals surface area contributed by atoms with Crippen molar-refractivity contribution in [3.63, 3.8) is 0 Å². The molecule has 0 atom stereocenters. The molecule has 5 rings (SSSR count). The van der Waals surface area contributed by atoms with Crippen molar-refractivity contribution < 1.29 is 0 Å². The molecule has 0 aliphatic carbocycles. The summed E-state index contributed by atoms with van der Waals surface area (Å²) in [6.45, 7) is 3.94. The van der Waals surface area contributed by atoms with E-state index in [1.54, 1.807) is 7.05 Å². The lowest BCUT2D eigenvalue weighted by Crippen LogP contribution is -2.47. The molecule has 2 aliphatic rings. The predicted molar refractivity (Wildman–Crippen MR) is 112 cm³/mol. The van der Waals surface area contributed by atoms with Gasteiger partial charge in [0, 0.05) is 46.3 Å². The molecule has 0 spiro atoms. The molecular weight excluding hydrogens is 368 g/mol. The summed E-state index contributed by atoms with van der Waals surface area (Å²) in [6.07, 6.45) is 3.26. The second kappa shape index (κ2) is 6.88. The largest absolute Gasteiger partial charge is 0.342 e. The molecule has 0 radical (unpaired) electrons. The van der Waals surface area contributed by atoms with Crippen LogP contribution in [0.3, 0.4) is 0 Å². The van der Waals surface area contributed by atoms with E-state index in [2.05, 4.69) is 44.0 Å². The molecule has 0 unspecified atom stereocenters. The Bertz CT molecular complexity index is 1180. The van der Waals surface area contributed by atoms with Crippen LogP contribution in [-0.2, 0) is 27.1 Å². The van der Waals surface area contributed by atoms with Crippen LogP contribution in [-0.4, -0.2) is 49.7 Å². The maximum atomic E-state index is 12.3. The Balaban J connectivity index is 1.34. The molecule has 8 heteroatoms. The summed E-state index contributed by atoms with van der Waals surface area (Å²) in [6, 6.07) is 9.33. The van der Waals surface area contributed by atoms with Gasteiger partial charge in [-0.15, -0.1) is 0 Å². The molecular formula is C21H26N6O2. The zero-order chi connectivity index (χ0) is 20.1. The van der Waals surface area contributed by atoms with E-state index in [4.69, 9.17) is 0 Å². The van der Waals surface area contributed by atoms with Gasteiger partial charge in [-0.2, -0.15) is 4.98 Å². The fourth-order valence-electron chi connectivity index (χ4n) is 4.84. The predicted octanol–water partition coefficient (Wildman–Crippen LogP) is 0.987. The third-order valence-corrected chi connectivity index (χ3v) is 6.53. The average Bonchev–Trinajstić information content (AvgIpc) is 3.10. The number of aromatic nitrogens is 4. The summed E-state index contributed by atoms with van der Waals surface area (Å²) in [5.74, 6) is 0.758. The first kappa shape index (κ1) is 18.2. The number of fused-ring (bicyclic) bond motifs is 2. The van der Waals surface area contributed by atoms with Gasteiger partial charge in [0.25, 0.3) is 5.56 Å². The Hall–Kier alpha value is -2.87. The molecule has 8 nitrogen and oxygen atoms in total. The molecule has 1 N–H and O–H groups in total. The number of rotatable bonds is 2. The molecule has 1 saturated heterocycles. The lowest BCUT2D eigenvalue weighted by Gasteiger charge is -2.40. The van der Waals surface area contributed by atoms with E-state index < -0.39 is 5.69 Å². The van der Waals surface area contributed by atoms with Gasteiger partial charge in [-0.3, -0.25) is 19.2 Å². The van der Waals surface area contributed by atoms with E-state index in [0.717, 1.165) is 51.4 Å². The van der Waals surface area contributed by atoms with Crippen LogP contribution in [0.1, 0.15) is 24.0 Å². The molecule has 152 valence electrons. The lowest BCUT2D eigenvalue weighted by molar-refractivity contribution is 0.153. The van der Waals surface area contributed by atoms with Crippen LogP contribution in [0.15, 0.2) is 33.9 Å². The third kappa shape index (κ3) is 2.98. The summed E-state index contributed by atoms with van der Waals surface area (Å²) in [5.41, 5.74) is 3.00. The van der Waals surface area contributed by atoms with Gasteiger partial charge in [0.1, 0.15) is 0 Å². The maximum Gasteiger partial charge on any atom is 0.329 e. The van der Waals surface area contributed by atoms with Crippen molar-refractivity contribution >= 4 is 17.1 Å². The second-order valence-electron chi connectivity index (χ2n) is 8.17. The number of nitrogens with one attached hydrogen (secondary N) is 1. The number of piperidine rings is 1. The highest BCUT2D eigenvalue weighted by atomic mass is 16.2. The van der Waals surface area contributed by atoms with Gasteiger partial charge in [-0.05, 0) is 30.4 Å². The smallest absolute Gasteiger partial charge is 0.329 e. The third-order valence-electron chi connectivity index (χ3n) is 6.53. The first-order chi connectivity index (χ1) is 14.0. The number of aryl methyl sites for hydroxylation is 2. The van der Waals surface area contributed by atoms with Gasteiger partial charge < -0.3 is 9.47 Å².